The van der Waals surface area contributed by atoms with Gasteiger partial charge < -0.3 is 5.73 Å². The lowest BCUT2D eigenvalue weighted by Crippen LogP contribution is -2.30. The molecule has 126 valence electrons. The Morgan fingerprint density at radius 2 is 1.96 bits per heavy atom. The molecule has 0 bridgehead atoms. The molecule has 9 heteroatoms. The molecule has 2 N–H and O–H groups in total. The molecule has 0 saturated heterocycles. The number of benzene rings is 1. The minimum atomic E-state index is -4.58. The van der Waals surface area contributed by atoms with Crippen LogP contribution >= 0.6 is 11.6 Å². The van der Waals surface area contributed by atoms with Crippen LogP contribution in [0.25, 0.3) is 5.65 Å². The van der Waals surface area contributed by atoms with Crippen LogP contribution in [0.15, 0.2) is 41.5 Å². The minimum Gasteiger partial charge on any atom is -0.385 e. The molecule has 3 rings (SSSR count). The first-order valence-electron chi connectivity index (χ1n) is 6.91. The van der Waals surface area contributed by atoms with Gasteiger partial charge in [-0.3, -0.25) is 4.57 Å². The Labute approximate surface area is 139 Å². The lowest BCUT2D eigenvalue weighted by Gasteiger charge is -2.18. The molecule has 0 radical (unpaired) electrons. The fourth-order valence-electron chi connectivity index (χ4n) is 2.48. The second kappa shape index (κ2) is 5.55. The zero-order valence-electron chi connectivity index (χ0n) is 12.4. The van der Waals surface area contributed by atoms with E-state index in [-0.39, 0.29) is 11.4 Å². The summed E-state index contributed by atoms with van der Waals surface area (Å²) in [6, 6.07) is 5.96. The van der Waals surface area contributed by atoms with E-state index in [1.807, 2.05) is 0 Å². The Balaban J connectivity index is 2.13. The van der Waals surface area contributed by atoms with Gasteiger partial charge in [-0.2, -0.15) is 13.2 Å². The number of nitrogen functional groups attached to an aromatic ring is 1. The summed E-state index contributed by atoms with van der Waals surface area (Å²) in [5, 5.41) is -0.394. The molecule has 1 atom stereocenters. The number of nitrogens with zero attached hydrogens (tertiary/aromatic N) is 3. The van der Waals surface area contributed by atoms with Crippen LogP contribution in [0.4, 0.5) is 19.0 Å². The quantitative estimate of drug-likeness (QED) is 0.765. The number of anilines is 1. The second-order valence-electron chi connectivity index (χ2n) is 5.30. The smallest absolute Gasteiger partial charge is 0.385 e. The van der Waals surface area contributed by atoms with Crippen LogP contribution in [-0.4, -0.2) is 14.0 Å². The highest BCUT2D eigenvalue weighted by Gasteiger charge is 2.33. The van der Waals surface area contributed by atoms with Crippen LogP contribution in [0.1, 0.15) is 24.1 Å². The SMILES string of the molecule is CC(c1ccc(Cl)c(C(F)(F)F)c1)n1cnc2ccc(N)n2c1=O. The van der Waals surface area contributed by atoms with Crippen molar-refractivity contribution in [3.05, 3.63) is 63.3 Å². The van der Waals surface area contributed by atoms with Crippen LogP contribution in [0, 0.1) is 0 Å². The largest absolute Gasteiger partial charge is 0.417 e. The van der Waals surface area contributed by atoms with Gasteiger partial charge >= 0.3 is 11.9 Å². The lowest BCUT2D eigenvalue weighted by atomic mass is 10.0. The fourth-order valence-corrected chi connectivity index (χ4v) is 2.71. The van der Waals surface area contributed by atoms with Crippen molar-refractivity contribution in [2.75, 3.05) is 5.73 Å². The molecule has 0 aliphatic heterocycles. The Morgan fingerprint density at radius 1 is 1.25 bits per heavy atom. The number of hydrogen-bond acceptors (Lipinski definition) is 3. The first kappa shape index (κ1) is 16.4. The summed E-state index contributed by atoms with van der Waals surface area (Å²) in [6.45, 7) is 1.60. The Kier molecular flexibility index (Phi) is 3.79. The summed E-state index contributed by atoms with van der Waals surface area (Å²) >= 11 is 5.63. The van der Waals surface area contributed by atoms with Crippen molar-refractivity contribution in [2.45, 2.75) is 19.1 Å². The Bertz CT molecular complexity index is 977. The topological polar surface area (TPSA) is 65.3 Å². The molecule has 5 nitrogen and oxygen atoms in total. The number of alkyl halides is 3. The molecule has 2 aromatic heterocycles. The van der Waals surface area contributed by atoms with Gasteiger partial charge in [-0.1, -0.05) is 17.7 Å². The molecule has 0 aliphatic carbocycles. The van der Waals surface area contributed by atoms with Gasteiger partial charge in [0.05, 0.1) is 16.6 Å². The second-order valence-corrected chi connectivity index (χ2v) is 5.71. The zero-order valence-corrected chi connectivity index (χ0v) is 13.1. The Hall–Kier alpha value is -2.48. The molecular weight excluding hydrogens is 345 g/mol. The van der Waals surface area contributed by atoms with Crippen LogP contribution in [0.5, 0.6) is 0 Å². The lowest BCUT2D eigenvalue weighted by molar-refractivity contribution is -0.137. The van der Waals surface area contributed by atoms with E-state index in [1.165, 1.54) is 27.4 Å². The summed E-state index contributed by atoms with van der Waals surface area (Å²) in [5.41, 5.74) is 4.94. The van der Waals surface area contributed by atoms with E-state index in [9.17, 15) is 18.0 Å². The van der Waals surface area contributed by atoms with Crippen LogP contribution in [0.3, 0.4) is 0 Å². The van der Waals surface area contributed by atoms with Crippen LogP contribution < -0.4 is 11.4 Å². The molecule has 3 aromatic rings. The van der Waals surface area contributed by atoms with E-state index < -0.39 is 28.5 Å². The summed E-state index contributed by atoms with van der Waals surface area (Å²) in [5.74, 6) is 0.205. The molecule has 0 aliphatic rings. The van der Waals surface area contributed by atoms with Gasteiger partial charge in [0.2, 0.25) is 0 Å². The standard InChI is InChI=1S/C15H12ClF3N4O/c1-8(9-2-3-11(16)10(6-9)15(17,18)19)22-7-21-13-5-4-12(20)23(13)14(22)24/h2-8H,20H2,1H3. The van der Waals surface area contributed by atoms with E-state index in [2.05, 4.69) is 4.98 Å². The van der Waals surface area contributed by atoms with Crippen molar-refractivity contribution in [3.8, 4) is 0 Å². The third kappa shape index (κ3) is 2.62. The summed E-state index contributed by atoms with van der Waals surface area (Å²) in [7, 11) is 0. The molecule has 0 amide bonds. The maximum atomic E-state index is 13.0. The average Bonchev–Trinajstić information content (AvgIpc) is 2.88. The van der Waals surface area contributed by atoms with E-state index in [0.29, 0.717) is 5.65 Å². The van der Waals surface area contributed by atoms with E-state index >= 15 is 0 Å². The number of rotatable bonds is 2. The number of aromatic nitrogens is 3. The van der Waals surface area contributed by atoms with Crippen molar-refractivity contribution in [3.63, 3.8) is 0 Å². The van der Waals surface area contributed by atoms with E-state index in [0.717, 1.165) is 12.1 Å². The van der Waals surface area contributed by atoms with Gasteiger partial charge in [-0.15, -0.1) is 0 Å². The van der Waals surface area contributed by atoms with Gasteiger partial charge in [0, 0.05) is 0 Å². The monoisotopic (exact) mass is 356 g/mol. The highest BCUT2D eigenvalue weighted by Crippen LogP contribution is 2.36. The number of hydrogen-bond donors (Lipinski definition) is 1. The van der Waals surface area contributed by atoms with Gasteiger partial charge in [-0.25, -0.2) is 14.2 Å². The normalized spacial score (nSPS) is 13.4. The van der Waals surface area contributed by atoms with Gasteiger partial charge in [-0.05, 0) is 36.8 Å². The highest BCUT2D eigenvalue weighted by atomic mass is 35.5. The predicted octanol–water partition coefficient (Wildman–Crippen LogP) is 3.36. The Morgan fingerprint density at radius 3 is 2.62 bits per heavy atom. The third-order valence-electron chi connectivity index (χ3n) is 3.81. The summed E-state index contributed by atoms with van der Waals surface area (Å²) < 4.78 is 41.4. The van der Waals surface area contributed by atoms with Gasteiger partial charge in [0.1, 0.15) is 17.8 Å². The molecular formula is C15H12ClF3N4O. The molecule has 1 aromatic carbocycles. The molecule has 0 spiro atoms. The predicted molar refractivity (Wildman–Crippen MR) is 84.1 cm³/mol. The number of halogens is 4. The van der Waals surface area contributed by atoms with Gasteiger partial charge in [0.15, 0.2) is 0 Å². The first-order valence-corrected chi connectivity index (χ1v) is 7.28. The van der Waals surface area contributed by atoms with Crippen LogP contribution in [0.2, 0.25) is 5.02 Å². The van der Waals surface area contributed by atoms with Crippen molar-refractivity contribution in [1.82, 2.24) is 14.0 Å². The molecule has 2 heterocycles. The van der Waals surface area contributed by atoms with Crippen LogP contribution in [-0.2, 0) is 6.18 Å². The van der Waals surface area contributed by atoms with Crippen molar-refractivity contribution in [1.29, 1.82) is 0 Å². The summed E-state index contributed by atoms with van der Waals surface area (Å²) in [6.07, 6.45) is -3.30. The van der Waals surface area contributed by atoms with Crippen molar-refractivity contribution in [2.24, 2.45) is 0 Å². The maximum Gasteiger partial charge on any atom is 0.417 e. The van der Waals surface area contributed by atoms with Gasteiger partial charge in [0.25, 0.3) is 0 Å². The van der Waals surface area contributed by atoms with E-state index in [1.54, 1.807) is 13.0 Å². The fraction of sp³-hybridized carbons (Fsp3) is 0.200. The number of fused-ring (bicyclic) bond motifs is 1. The third-order valence-corrected chi connectivity index (χ3v) is 4.14. The van der Waals surface area contributed by atoms with Crippen molar-refractivity contribution >= 4 is 23.1 Å². The number of nitrogens with two attached hydrogens (primary N) is 1. The highest BCUT2D eigenvalue weighted by molar-refractivity contribution is 6.31. The van der Waals surface area contributed by atoms with Crippen molar-refractivity contribution < 1.29 is 13.2 Å². The molecule has 24 heavy (non-hydrogen) atoms. The van der Waals surface area contributed by atoms with E-state index in [4.69, 9.17) is 17.3 Å². The zero-order chi connectivity index (χ0) is 17.6. The first-order chi connectivity index (χ1) is 11.2. The molecule has 0 fully saturated rings. The average molecular weight is 357 g/mol. The molecule has 0 saturated carbocycles. The maximum absolute atomic E-state index is 13.0. The summed E-state index contributed by atoms with van der Waals surface area (Å²) in [4.78, 5) is 16.6. The minimum absolute atomic E-state index is 0.205. The molecule has 1 unspecified atom stereocenters.